The number of hydrogen-bond donors (Lipinski definition) is 1. The van der Waals surface area contributed by atoms with Crippen molar-refractivity contribution in [2.24, 2.45) is 5.92 Å². The van der Waals surface area contributed by atoms with Gasteiger partial charge in [0.2, 0.25) is 10.0 Å². The van der Waals surface area contributed by atoms with Crippen LogP contribution in [0.2, 0.25) is 0 Å². The van der Waals surface area contributed by atoms with E-state index in [2.05, 4.69) is 0 Å². The summed E-state index contributed by atoms with van der Waals surface area (Å²) in [5.41, 5.74) is 0.530. The van der Waals surface area contributed by atoms with Crippen LogP contribution < -0.4 is 0 Å². The summed E-state index contributed by atoms with van der Waals surface area (Å²) in [4.78, 5) is 11.1. The van der Waals surface area contributed by atoms with Crippen LogP contribution in [0.1, 0.15) is 22.3 Å². The first-order valence-corrected chi connectivity index (χ1v) is 8.13. The molecule has 2 rings (SSSR count). The molecule has 0 spiro atoms. The van der Waals surface area contributed by atoms with E-state index in [0.717, 1.165) is 6.42 Å². The Balaban J connectivity index is 2.32. The van der Waals surface area contributed by atoms with Gasteiger partial charge in [-0.1, -0.05) is 6.07 Å². The van der Waals surface area contributed by atoms with Crippen molar-refractivity contribution in [2.75, 3.05) is 26.8 Å². The topological polar surface area (TPSA) is 83.9 Å². The van der Waals surface area contributed by atoms with E-state index >= 15 is 0 Å². The highest BCUT2D eigenvalue weighted by Crippen LogP contribution is 2.27. The smallest absolute Gasteiger partial charge is 0.335 e. The lowest BCUT2D eigenvalue weighted by molar-refractivity contribution is 0.0696. The van der Waals surface area contributed by atoms with E-state index in [1.807, 2.05) is 0 Å². The van der Waals surface area contributed by atoms with Crippen LogP contribution in [0.25, 0.3) is 0 Å². The molecular formula is C14H19NO5S. The summed E-state index contributed by atoms with van der Waals surface area (Å²) in [6.07, 6.45) is 0.755. The van der Waals surface area contributed by atoms with Crippen LogP contribution in [0.4, 0.5) is 0 Å². The molecule has 0 bridgehead atoms. The number of aryl methyl sites for hydroxylation is 1. The third kappa shape index (κ3) is 3.25. The van der Waals surface area contributed by atoms with E-state index in [0.29, 0.717) is 25.3 Å². The van der Waals surface area contributed by atoms with Crippen LogP contribution >= 0.6 is 0 Å². The Morgan fingerprint density at radius 1 is 1.48 bits per heavy atom. The molecule has 1 atom stereocenters. The number of sulfonamides is 1. The third-order valence-electron chi connectivity index (χ3n) is 3.70. The van der Waals surface area contributed by atoms with Crippen LogP contribution in [0.3, 0.4) is 0 Å². The fourth-order valence-electron chi connectivity index (χ4n) is 2.54. The van der Waals surface area contributed by atoms with Crippen LogP contribution in [0.15, 0.2) is 23.1 Å². The van der Waals surface area contributed by atoms with Crippen LogP contribution in [0, 0.1) is 12.8 Å². The van der Waals surface area contributed by atoms with Gasteiger partial charge >= 0.3 is 5.97 Å². The van der Waals surface area contributed by atoms with Gasteiger partial charge in [-0.05, 0) is 37.0 Å². The number of nitrogens with zero attached hydrogens (tertiary/aromatic N) is 1. The number of hydrogen-bond acceptors (Lipinski definition) is 4. The molecule has 0 aromatic heterocycles. The van der Waals surface area contributed by atoms with Crippen LogP contribution in [-0.2, 0) is 14.8 Å². The molecular weight excluding hydrogens is 294 g/mol. The molecule has 21 heavy (non-hydrogen) atoms. The summed E-state index contributed by atoms with van der Waals surface area (Å²) in [6, 6.07) is 4.17. The van der Waals surface area contributed by atoms with Gasteiger partial charge in [-0.25, -0.2) is 13.2 Å². The zero-order valence-electron chi connectivity index (χ0n) is 12.1. The normalized spacial score (nSPS) is 19.8. The highest BCUT2D eigenvalue weighted by atomic mass is 32.2. The molecule has 6 nitrogen and oxygen atoms in total. The number of rotatable bonds is 5. The second kappa shape index (κ2) is 6.13. The summed E-state index contributed by atoms with van der Waals surface area (Å²) in [7, 11) is -2.07. The maximum Gasteiger partial charge on any atom is 0.335 e. The lowest BCUT2D eigenvalue weighted by atomic mass is 10.1. The number of ether oxygens (including phenoxy) is 1. The largest absolute Gasteiger partial charge is 0.478 e. The zero-order chi connectivity index (χ0) is 15.6. The lowest BCUT2D eigenvalue weighted by Gasteiger charge is -2.18. The third-order valence-corrected chi connectivity index (χ3v) is 5.71. The highest BCUT2D eigenvalue weighted by molar-refractivity contribution is 7.89. The molecule has 1 aliphatic heterocycles. The number of benzene rings is 1. The van der Waals surface area contributed by atoms with Crippen molar-refractivity contribution in [1.29, 1.82) is 0 Å². The molecule has 116 valence electrons. The second-order valence-electron chi connectivity index (χ2n) is 5.26. The van der Waals surface area contributed by atoms with Gasteiger partial charge in [0.25, 0.3) is 0 Å². The summed E-state index contributed by atoms with van der Waals surface area (Å²) in [6.45, 7) is 3.04. The van der Waals surface area contributed by atoms with Gasteiger partial charge < -0.3 is 9.84 Å². The summed E-state index contributed by atoms with van der Waals surface area (Å²) < 4.78 is 31.8. The Morgan fingerprint density at radius 3 is 2.81 bits per heavy atom. The predicted molar refractivity (Wildman–Crippen MR) is 76.9 cm³/mol. The van der Waals surface area contributed by atoms with Crippen LogP contribution in [0.5, 0.6) is 0 Å². The standard InChI is InChI=1S/C14H19NO5S/c1-10-3-4-12(14(16)17)7-13(10)21(18,19)15-6-5-11(8-15)9-20-2/h3-4,7,11H,5-6,8-9H2,1-2H3,(H,16,17). The van der Waals surface area contributed by atoms with E-state index in [1.54, 1.807) is 14.0 Å². The SMILES string of the molecule is COCC1CCN(S(=O)(=O)c2cc(C(=O)O)ccc2C)C1. The molecule has 1 saturated heterocycles. The molecule has 0 amide bonds. The van der Waals surface area contributed by atoms with Crippen molar-refractivity contribution in [3.63, 3.8) is 0 Å². The van der Waals surface area contributed by atoms with E-state index in [1.165, 1.54) is 22.5 Å². The van der Waals surface area contributed by atoms with E-state index in [-0.39, 0.29) is 16.4 Å². The maximum atomic E-state index is 12.7. The average molecular weight is 313 g/mol. The van der Waals surface area contributed by atoms with Crippen molar-refractivity contribution in [2.45, 2.75) is 18.2 Å². The van der Waals surface area contributed by atoms with Gasteiger partial charge in [-0.15, -0.1) is 0 Å². The van der Waals surface area contributed by atoms with Gasteiger partial charge in [-0.3, -0.25) is 0 Å². The number of aromatic carboxylic acids is 1. The van der Waals surface area contributed by atoms with Gasteiger partial charge in [0, 0.05) is 20.2 Å². The fraction of sp³-hybridized carbons (Fsp3) is 0.500. The number of carboxylic acids is 1. The van der Waals surface area contributed by atoms with E-state index < -0.39 is 16.0 Å². The molecule has 1 N–H and O–H groups in total. The molecule has 1 aromatic rings. The maximum absolute atomic E-state index is 12.7. The van der Waals surface area contributed by atoms with Crippen molar-refractivity contribution < 1.29 is 23.1 Å². The lowest BCUT2D eigenvalue weighted by Crippen LogP contribution is -2.30. The fourth-order valence-corrected chi connectivity index (χ4v) is 4.32. The molecule has 1 heterocycles. The van der Waals surface area contributed by atoms with E-state index in [9.17, 15) is 13.2 Å². The first kappa shape index (κ1) is 15.9. The van der Waals surface area contributed by atoms with Gasteiger partial charge in [0.05, 0.1) is 17.1 Å². The molecule has 1 unspecified atom stereocenters. The molecule has 1 aromatic carbocycles. The van der Waals surface area contributed by atoms with Crippen molar-refractivity contribution in [3.8, 4) is 0 Å². The summed E-state index contributed by atoms with van der Waals surface area (Å²) in [5, 5.41) is 9.02. The molecule has 7 heteroatoms. The number of carboxylic acid groups (broad SMARTS) is 1. The molecule has 1 fully saturated rings. The quantitative estimate of drug-likeness (QED) is 0.887. The minimum absolute atomic E-state index is 0.0215. The Morgan fingerprint density at radius 2 is 2.19 bits per heavy atom. The van der Waals surface area contributed by atoms with Crippen molar-refractivity contribution in [1.82, 2.24) is 4.31 Å². The zero-order valence-corrected chi connectivity index (χ0v) is 12.9. The van der Waals surface area contributed by atoms with Gasteiger partial charge in [0.15, 0.2) is 0 Å². The second-order valence-corrected chi connectivity index (χ2v) is 7.16. The minimum atomic E-state index is -3.66. The Hall–Kier alpha value is -1.44. The first-order valence-electron chi connectivity index (χ1n) is 6.69. The average Bonchev–Trinajstić information content (AvgIpc) is 2.88. The van der Waals surface area contributed by atoms with Gasteiger partial charge in [-0.2, -0.15) is 4.31 Å². The highest BCUT2D eigenvalue weighted by Gasteiger charge is 2.33. The molecule has 0 aliphatic carbocycles. The Bertz CT molecular complexity index is 641. The molecule has 1 aliphatic rings. The summed E-state index contributed by atoms with van der Waals surface area (Å²) in [5.74, 6) is -0.946. The van der Waals surface area contributed by atoms with E-state index in [4.69, 9.17) is 9.84 Å². The predicted octanol–water partition coefficient (Wildman–Crippen LogP) is 1.35. The Kier molecular flexibility index (Phi) is 4.65. The Labute approximate surface area is 124 Å². The molecule has 0 saturated carbocycles. The summed E-state index contributed by atoms with van der Waals surface area (Å²) >= 11 is 0. The number of carbonyl (C=O) groups is 1. The first-order chi connectivity index (χ1) is 9.86. The van der Waals surface area contributed by atoms with Crippen molar-refractivity contribution >= 4 is 16.0 Å². The van der Waals surface area contributed by atoms with Gasteiger partial charge in [0.1, 0.15) is 0 Å². The molecule has 0 radical (unpaired) electrons. The minimum Gasteiger partial charge on any atom is -0.478 e. The van der Waals surface area contributed by atoms with Crippen molar-refractivity contribution in [3.05, 3.63) is 29.3 Å². The number of methoxy groups -OCH3 is 1. The van der Waals surface area contributed by atoms with Crippen LogP contribution in [-0.4, -0.2) is 50.6 Å². The monoisotopic (exact) mass is 313 g/mol.